The molecule has 1 aliphatic heterocycles. The van der Waals surface area contributed by atoms with Crippen LogP contribution in [0.25, 0.3) is 0 Å². The van der Waals surface area contributed by atoms with Crippen LogP contribution in [0, 0.1) is 5.92 Å². The van der Waals surface area contributed by atoms with Gasteiger partial charge in [0.1, 0.15) is 0 Å². The highest BCUT2D eigenvalue weighted by atomic mass is 16.2. The van der Waals surface area contributed by atoms with Gasteiger partial charge in [-0.1, -0.05) is 20.3 Å². The second kappa shape index (κ2) is 6.11. The van der Waals surface area contributed by atoms with Gasteiger partial charge in [0.25, 0.3) is 0 Å². The second-order valence-corrected chi connectivity index (χ2v) is 4.82. The molecule has 1 rings (SSSR count). The van der Waals surface area contributed by atoms with Crippen molar-refractivity contribution in [2.75, 3.05) is 33.2 Å². The van der Waals surface area contributed by atoms with Crippen molar-refractivity contribution in [2.45, 2.75) is 33.1 Å². The fraction of sp³-hybridized carbons (Fsp3) is 0.917. The highest BCUT2D eigenvalue weighted by molar-refractivity contribution is 5.77. The summed E-state index contributed by atoms with van der Waals surface area (Å²) in [5.74, 6) is 0.378. The normalized spacial score (nSPS) is 18.1. The highest BCUT2D eigenvalue weighted by Crippen LogP contribution is 2.08. The molecule has 88 valence electrons. The van der Waals surface area contributed by atoms with Gasteiger partial charge in [0.2, 0.25) is 5.91 Å². The van der Waals surface area contributed by atoms with Crippen LogP contribution in [0.1, 0.15) is 33.1 Å². The average Bonchev–Trinajstić information content (AvgIpc) is 2.26. The molecule has 0 radical (unpaired) electrons. The van der Waals surface area contributed by atoms with Gasteiger partial charge in [0, 0.05) is 26.1 Å². The van der Waals surface area contributed by atoms with Gasteiger partial charge < -0.3 is 9.80 Å². The van der Waals surface area contributed by atoms with Crippen LogP contribution in [0.4, 0.5) is 0 Å². The summed E-state index contributed by atoms with van der Waals surface area (Å²) in [5, 5.41) is 0. The number of hydrogen-bond donors (Lipinski definition) is 0. The largest absolute Gasteiger partial charge is 0.344 e. The lowest BCUT2D eigenvalue weighted by atomic mass is 10.1. The molecule has 3 nitrogen and oxygen atoms in total. The zero-order valence-electron chi connectivity index (χ0n) is 10.3. The third-order valence-electron chi connectivity index (χ3n) is 3.07. The maximum atomic E-state index is 11.6. The Morgan fingerprint density at radius 2 is 1.87 bits per heavy atom. The Kier molecular flexibility index (Phi) is 5.09. The van der Waals surface area contributed by atoms with Crippen LogP contribution in [0.15, 0.2) is 0 Å². The van der Waals surface area contributed by atoms with Crippen molar-refractivity contribution in [3.63, 3.8) is 0 Å². The molecule has 0 saturated carbocycles. The van der Waals surface area contributed by atoms with E-state index in [0.717, 1.165) is 13.1 Å². The molecule has 1 saturated heterocycles. The van der Waals surface area contributed by atoms with E-state index >= 15 is 0 Å². The molecular weight excluding hydrogens is 188 g/mol. The molecule has 0 N–H and O–H groups in total. The maximum absolute atomic E-state index is 11.6. The number of amides is 1. The van der Waals surface area contributed by atoms with Gasteiger partial charge in [0.05, 0.1) is 0 Å². The predicted octanol–water partition coefficient (Wildman–Crippen LogP) is 1.59. The number of hydrogen-bond acceptors (Lipinski definition) is 2. The smallest absolute Gasteiger partial charge is 0.224 e. The highest BCUT2D eigenvalue weighted by Gasteiger charge is 2.15. The van der Waals surface area contributed by atoms with Crippen molar-refractivity contribution < 1.29 is 4.79 Å². The maximum Gasteiger partial charge on any atom is 0.224 e. The quantitative estimate of drug-likeness (QED) is 0.706. The lowest BCUT2D eigenvalue weighted by Gasteiger charge is -2.29. The predicted molar refractivity (Wildman–Crippen MR) is 62.8 cm³/mol. The van der Waals surface area contributed by atoms with E-state index in [2.05, 4.69) is 4.90 Å². The molecule has 0 atom stereocenters. The zero-order chi connectivity index (χ0) is 11.3. The van der Waals surface area contributed by atoms with Gasteiger partial charge >= 0.3 is 0 Å². The van der Waals surface area contributed by atoms with Gasteiger partial charge in [-0.2, -0.15) is 0 Å². The van der Waals surface area contributed by atoms with Crippen molar-refractivity contribution in [3.05, 3.63) is 0 Å². The molecule has 0 aromatic heterocycles. The summed E-state index contributed by atoms with van der Waals surface area (Å²) in [7, 11) is 1.91. The summed E-state index contributed by atoms with van der Waals surface area (Å²) in [6, 6.07) is 0. The van der Waals surface area contributed by atoms with Gasteiger partial charge in [-0.25, -0.2) is 0 Å². The van der Waals surface area contributed by atoms with E-state index in [1.807, 2.05) is 25.8 Å². The fourth-order valence-corrected chi connectivity index (χ4v) is 2.03. The van der Waals surface area contributed by atoms with E-state index in [1.54, 1.807) is 0 Å². The van der Waals surface area contributed by atoms with Gasteiger partial charge in [-0.05, 0) is 25.9 Å². The average molecular weight is 212 g/mol. The standard InChI is InChI=1S/C12H24N2O/c1-11(2)12(15)13(3)9-10-14-7-5-4-6-8-14/h11H,4-10H2,1-3H3. The first-order chi connectivity index (χ1) is 7.11. The number of piperidine rings is 1. The van der Waals surface area contributed by atoms with Gasteiger partial charge in [-0.15, -0.1) is 0 Å². The van der Waals surface area contributed by atoms with E-state index in [0.29, 0.717) is 0 Å². The first-order valence-electron chi connectivity index (χ1n) is 6.08. The second-order valence-electron chi connectivity index (χ2n) is 4.82. The number of likely N-dealkylation sites (tertiary alicyclic amines) is 1. The molecule has 0 unspecified atom stereocenters. The van der Waals surface area contributed by atoms with Crippen LogP contribution in [0.2, 0.25) is 0 Å². The summed E-state index contributed by atoms with van der Waals surface area (Å²) in [5.41, 5.74) is 0. The molecule has 0 aromatic rings. The molecule has 0 spiro atoms. The molecule has 0 aliphatic carbocycles. The Bertz CT molecular complexity index is 198. The van der Waals surface area contributed by atoms with E-state index in [9.17, 15) is 4.79 Å². The van der Waals surface area contributed by atoms with Crippen LogP contribution in [-0.4, -0.2) is 48.9 Å². The van der Waals surface area contributed by atoms with Crippen LogP contribution in [-0.2, 0) is 4.79 Å². The lowest BCUT2D eigenvalue weighted by Crippen LogP contribution is -2.39. The molecule has 1 amide bonds. The van der Waals surface area contributed by atoms with Crippen LogP contribution < -0.4 is 0 Å². The summed E-state index contributed by atoms with van der Waals surface area (Å²) < 4.78 is 0. The molecule has 1 heterocycles. The topological polar surface area (TPSA) is 23.6 Å². The van der Waals surface area contributed by atoms with E-state index in [1.165, 1.54) is 32.4 Å². The monoisotopic (exact) mass is 212 g/mol. The third kappa shape index (κ3) is 4.20. The zero-order valence-corrected chi connectivity index (χ0v) is 10.3. The third-order valence-corrected chi connectivity index (χ3v) is 3.07. The molecular formula is C12H24N2O. The van der Waals surface area contributed by atoms with Crippen molar-refractivity contribution in [3.8, 4) is 0 Å². The SMILES string of the molecule is CC(C)C(=O)N(C)CCN1CCCCC1. The molecule has 0 bridgehead atoms. The molecule has 1 aliphatic rings. The minimum Gasteiger partial charge on any atom is -0.344 e. The van der Waals surface area contributed by atoms with Crippen LogP contribution in [0.5, 0.6) is 0 Å². The van der Waals surface area contributed by atoms with Crippen molar-refractivity contribution in [1.29, 1.82) is 0 Å². The number of nitrogens with zero attached hydrogens (tertiary/aromatic N) is 2. The number of likely N-dealkylation sites (N-methyl/N-ethyl adjacent to an activating group) is 1. The summed E-state index contributed by atoms with van der Waals surface area (Å²) >= 11 is 0. The fourth-order valence-electron chi connectivity index (χ4n) is 2.03. The Balaban J connectivity index is 2.20. The van der Waals surface area contributed by atoms with Gasteiger partial charge in [-0.3, -0.25) is 4.79 Å². The Labute approximate surface area is 93.4 Å². The Hall–Kier alpha value is -0.570. The summed E-state index contributed by atoms with van der Waals surface area (Å²) in [6.07, 6.45) is 4.01. The van der Waals surface area contributed by atoms with E-state index < -0.39 is 0 Å². The Morgan fingerprint density at radius 3 is 2.40 bits per heavy atom. The van der Waals surface area contributed by atoms with Crippen LogP contribution >= 0.6 is 0 Å². The Morgan fingerprint density at radius 1 is 1.27 bits per heavy atom. The molecule has 0 aromatic carbocycles. The molecule has 1 fully saturated rings. The molecule has 15 heavy (non-hydrogen) atoms. The summed E-state index contributed by atoms with van der Waals surface area (Å²) in [4.78, 5) is 15.9. The van der Waals surface area contributed by atoms with Crippen molar-refractivity contribution in [2.24, 2.45) is 5.92 Å². The van der Waals surface area contributed by atoms with Crippen LogP contribution in [0.3, 0.4) is 0 Å². The molecule has 3 heteroatoms. The lowest BCUT2D eigenvalue weighted by molar-refractivity contribution is -0.133. The first kappa shape index (κ1) is 12.5. The minimum atomic E-state index is 0.122. The number of carbonyl (C=O) groups is 1. The number of rotatable bonds is 4. The first-order valence-corrected chi connectivity index (χ1v) is 6.08. The minimum absolute atomic E-state index is 0.122. The number of carbonyl (C=O) groups excluding carboxylic acids is 1. The van der Waals surface area contributed by atoms with Gasteiger partial charge in [0.15, 0.2) is 0 Å². The van der Waals surface area contributed by atoms with Crippen molar-refractivity contribution >= 4 is 5.91 Å². The van der Waals surface area contributed by atoms with E-state index in [-0.39, 0.29) is 11.8 Å². The summed E-state index contributed by atoms with van der Waals surface area (Å²) in [6.45, 7) is 8.25. The van der Waals surface area contributed by atoms with E-state index in [4.69, 9.17) is 0 Å². The van der Waals surface area contributed by atoms with Crippen molar-refractivity contribution in [1.82, 2.24) is 9.80 Å².